The molecule has 0 bridgehead atoms. The molecule has 0 saturated heterocycles. The summed E-state index contributed by atoms with van der Waals surface area (Å²) in [4.78, 5) is 31.9. The maximum atomic E-state index is 13.0. The summed E-state index contributed by atoms with van der Waals surface area (Å²) < 4.78 is 16.9. The first kappa shape index (κ1) is 24.4. The van der Waals surface area contributed by atoms with Gasteiger partial charge in [0, 0.05) is 41.3 Å². The third-order valence-electron chi connectivity index (χ3n) is 5.77. The van der Waals surface area contributed by atoms with Crippen molar-refractivity contribution in [2.75, 3.05) is 24.9 Å². The molecule has 0 aliphatic carbocycles. The Morgan fingerprint density at radius 2 is 1.58 bits per heavy atom. The van der Waals surface area contributed by atoms with Crippen molar-refractivity contribution >= 4 is 33.9 Å². The van der Waals surface area contributed by atoms with Crippen LogP contribution in [-0.2, 0) is 0 Å². The van der Waals surface area contributed by atoms with E-state index in [1.165, 1.54) is 12.3 Å². The first-order valence-electron chi connectivity index (χ1n) is 11.7. The molecule has 0 atom stereocenters. The minimum atomic E-state index is -0.380. The number of hydrogen-bond donors (Lipinski definition) is 3. The van der Waals surface area contributed by atoms with Gasteiger partial charge in [-0.3, -0.25) is 14.6 Å². The summed E-state index contributed by atoms with van der Waals surface area (Å²) in [6, 6.07) is 23.0. The van der Waals surface area contributed by atoms with Crippen molar-refractivity contribution in [1.82, 2.24) is 9.97 Å². The van der Waals surface area contributed by atoms with E-state index >= 15 is 0 Å². The fourth-order valence-corrected chi connectivity index (χ4v) is 3.91. The van der Waals surface area contributed by atoms with Crippen LogP contribution in [0.2, 0.25) is 0 Å². The van der Waals surface area contributed by atoms with Gasteiger partial charge in [0.15, 0.2) is 11.5 Å². The van der Waals surface area contributed by atoms with Crippen LogP contribution in [0.25, 0.3) is 10.9 Å². The number of hydrogen-bond acceptors (Lipinski definition) is 7. The number of H-pyrrole nitrogens is 1. The van der Waals surface area contributed by atoms with E-state index in [0.717, 1.165) is 11.1 Å². The Morgan fingerprint density at radius 1 is 0.842 bits per heavy atom. The number of ether oxygens (including phenoxy) is 3. The summed E-state index contributed by atoms with van der Waals surface area (Å²) in [6.07, 6.45) is 3.04. The summed E-state index contributed by atoms with van der Waals surface area (Å²) in [5, 5.41) is 6.74. The van der Waals surface area contributed by atoms with Crippen LogP contribution in [0, 0.1) is 0 Å². The highest BCUT2D eigenvalue weighted by atomic mass is 16.5. The minimum Gasteiger partial charge on any atom is -0.493 e. The zero-order valence-electron chi connectivity index (χ0n) is 20.6. The van der Waals surface area contributed by atoms with Crippen molar-refractivity contribution in [3.8, 4) is 23.0 Å². The third-order valence-corrected chi connectivity index (χ3v) is 5.77. The molecule has 1 amide bonds. The maximum absolute atomic E-state index is 13.0. The number of carbonyl (C=O) groups excluding carboxylic acids is 1. The number of fused-ring (bicyclic) bond motifs is 1. The van der Waals surface area contributed by atoms with E-state index in [4.69, 9.17) is 14.2 Å². The molecule has 0 aliphatic heterocycles. The minimum absolute atomic E-state index is 0.293. The van der Waals surface area contributed by atoms with Crippen molar-refractivity contribution in [1.29, 1.82) is 0 Å². The number of aromatic nitrogens is 2. The van der Waals surface area contributed by atoms with Gasteiger partial charge in [-0.1, -0.05) is 18.2 Å². The van der Waals surface area contributed by atoms with Gasteiger partial charge >= 0.3 is 0 Å². The monoisotopic (exact) mass is 508 g/mol. The molecule has 0 unspecified atom stereocenters. The lowest BCUT2D eigenvalue weighted by Crippen LogP contribution is -2.17. The van der Waals surface area contributed by atoms with Crippen LogP contribution in [0.1, 0.15) is 10.4 Å². The number of methoxy groups -OCH3 is 2. The van der Waals surface area contributed by atoms with Crippen LogP contribution >= 0.6 is 0 Å². The topological polar surface area (TPSA) is 115 Å². The number of aromatic amines is 1. The Bertz CT molecular complexity index is 1650. The van der Waals surface area contributed by atoms with E-state index < -0.39 is 0 Å². The molecule has 9 heteroatoms. The molecule has 0 spiro atoms. The SMILES string of the molecule is COc1cc2nccc(Oc3ccc(NC(=O)c4c[nH]c(=O)cc4Nc4ccccc4)cc3)c2cc1OC. The number of nitrogens with one attached hydrogen (secondary N) is 3. The van der Waals surface area contributed by atoms with Crippen molar-refractivity contribution in [2.24, 2.45) is 0 Å². The number of amides is 1. The molecular formula is C29H24N4O5. The Hall–Kier alpha value is -5.31. The van der Waals surface area contributed by atoms with E-state index in [-0.39, 0.29) is 11.5 Å². The summed E-state index contributed by atoms with van der Waals surface area (Å²) in [6.45, 7) is 0. The zero-order chi connectivity index (χ0) is 26.5. The van der Waals surface area contributed by atoms with E-state index in [9.17, 15) is 9.59 Å². The lowest BCUT2D eigenvalue weighted by atomic mass is 10.1. The number of pyridine rings is 2. The van der Waals surface area contributed by atoms with Crippen LogP contribution in [0.4, 0.5) is 17.1 Å². The van der Waals surface area contributed by atoms with Crippen molar-refractivity contribution in [2.45, 2.75) is 0 Å². The highest BCUT2D eigenvalue weighted by Gasteiger charge is 2.14. The Balaban J connectivity index is 1.34. The standard InChI is InChI=1S/C29H24N4O5/c1-36-26-14-21-23(15-27(26)37-2)30-13-12-25(21)38-20-10-8-19(9-11-20)33-29(35)22-17-31-28(34)16-24(22)32-18-6-4-3-5-7-18/h3-17H,1-2H3,(H,33,35)(H2,31,32,34). The van der Waals surface area contributed by atoms with E-state index in [0.29, 0.717) is 45.5 Å². The molecule has 0 fully saturated rings. The molecule has 9 nitrogen and oxygen atoms in total. The van der Waals surface area contributed by atoms with Gasteiger partial charge < -0.3 is 29.8 Å². The number of rotatable bonds is 8. The molecule has 38 heavy (non-hydrogen) atoms. The lowest BCUT2D eigenvalue weighted by molar-refractivity contribution is 0.102. The third kappa shape index (κ3) is 5.26. The van der Waals surface area contributed by atoms with E-state index in [2.05, 4.69) is 20.6 Å². The molecule has 5 rings (SSSR count). The normalized spacial score (nSPS) is 10.6. The second kappa shape index (κ2) is 10.8. The first-order valence-corrected chi connectivity index (χ1v) is 11.7. The lowest BCUT2D eigenvalue weighted by Gasteiger charge is -2.13. The quantitative estimate of drug-likeness (QED) is 0.245. The molecule has 190 valence electrons. The average molecular weight is 509 g/mol. The van der Waals surface area contributed by atoms with Crippen LogP contribution < -0.4 is 30.4 Å². The predicted octanol–water partition coefficient (Wildman–Crippen LogP) is 5.73. The van der Waals surface area contributed by atoms with Gasteiger partial charge in [-0.05, 0) is 48.5 Å². The summed E-state index contributed by atoms with van der Waals surface area (Å²) in [5.41, 5.74) is 2.39. The summed E-state index contributed by atoms with van der Waals surface area (Å²) in [7, 11) is 3.14. The number of carbonyl (C=O) groups is 1. The van der Waals surface area contributed by atoms with Gasteiger partial charge in [-0.25, -0.2) is 0 Å². The highest BCUT2D eigenvalue weighted by Crippen LogP contribution is 2.37. The molecule has 2 aromatic heterocycles. The average Bonchev–Trinajstić information content (AvgIpc) is 2.94. The Morgan fingerprint density at radius 3 is 2.32 bits per heavy atom. The first-order chi connectivity index (χ1) is 18.5. The number of para-hydroxylation sites is 1. The summed E-state index contributed by atoms with van der Waals surface area (Å²) in [5.74, 6) is 1.93. The molecular weight excluding hydrogens is 484 g/mol. The molecule has 5 aromatic rings. The van der Waals surface area contributed by atoms with Crippen LogP contribution in [0.3, 0.4) is 0 Å². The van der Waals surface area contributed by atoms with Crippen molar-refractivity contribution in [3.63, 3.8) is 0 Å². The van der Waals surface area contributed by atoms with Gasteiger partial charge in [0.2, 0.25) is 5.56 Å². The van der Waals surface area contributed by atoms with Gasteiger partial charge in [0.25, 0.3) is 5.91 Å². The zero-order valence-corrected chi connectivity index (χ0v) is 20.6. The highest BCUT2D eigenvalue weighted by molar-refractivity contribution is 6.08. The summed E-state index contributed by atoms with van der Waals surface area (Å²) >= 11 is 0. The number of benzene rings is 3. The molecule has 0 radical (unpaired) electrons. The Kier molecular flexibility index (Phi) is 6.90. The van der Waals surface area contributed by atoms with E-state index in [1.54, 1.807) is 56.8 Å². The molecule has 0 aliphatic rings. The molecule has 3 aromatic carbocycles. The van der Waals surface area contributed by atoms with Gasteiger partial charge in [-0.15, -0.1) is 0 Å². The number of nitrogens with zero attached hydrogens (tertiary/aromatic N) is 1. The molecule has 3 N–H and O–H groups in total. The predicted molar refractivity (Wildman–Crippen MR) is 146 cm³/mol. The van der Waals surface area contributed by atoms with Crippen LogP contribution in [0.15, 0.2) is 96.1 Å². The van der Waals surface area contributed by atoms with Crippen LogP contribution in [-0.4, -0.2) is 30.1 Å². The Labute approximate surface area is 218 Å². The fourth-order valence-electron chi connectivity index (χ4n) is 3.91. The van der Waals surface area contributed by atoms with Crippen molar-refractivity contribution < 1.29 is 19.0 Å². The molecule has 0 saturated carbocycles. The largest absolute Gasteiger partial charge is 0.493 e. The molecule has 2 heterocycles. The van der Waals surface area contributed by atoms with Crippen molar-refractivity contribution in [3.05, 3.63) is 107 Å². The second-order valence-corrected chi connectivity index (χ2v) is 8.23. The second-order valence-electron chi connectivity index (χ2n) is 8.23. The maximum Gasteiger partial charge on any atom is 0.259 e. The number of anilines is 3. The smallest absolute Gasteiger partial charge is 0.259 e. The fraction of sp³-hybridized carbons (Fsp3) is 0.0690. The van der Waals surface area contributed by atoms with E-state index in [1.807, 2.05) is 36.4 Å². The van der Waals surface area contributed by atoms with Gasteiger partial charge in [0.05, 0.1) is 31.0 Å². The van der Waals surface area contributed by atoms with Gasteiger partial charge in [0.1, 0.15) is 11.5 Å². The van der Waals surface area contributed by atoms with Gasteiger partial charge in [-0.2, -0.15) is 0 Å². The van der Waals surface area contributed by atoms with Crippen LogP contribution in [0.5, 0.6) is 23.0 Å².